The van der Waals surface area contributed by atoms with E-state index in [4.69, 9.17) is 5.73 Å². The number of hydrogen-bond donors (Lipinski definition) is 2. The first kappa shape index (κ1) is 11.5. The van der Waals surface area contributed by atoms with Crippen molar-refractivity contribution in [2.24, 2.45) is 5.73 Å². The van der Waals surface area contributed by atoms with E-state index in [-0.39, 0.29) is 5.75 Å². The van der Waals surface area contributed by atoms with Crippen molar-refractivity contribution >= 4 is 15.9 Å². The fraction of sp³-hybridized carbons (Fsp3) is 0.400. The van der Waals surface area contributed by atoms with Gasteiger partial charge in [0.15, 0.2) is 11.6 Å². The molecule has 14 heavy (non-hydrogen) atoms. The largest absolute Gasteiger partial charge is 0.505 e. The average Bonchev–Trinajstić information content (AvgIpc) is 1.98. The second-order valence-electron chi connectivity index (χ2n) is 3.93. The normalized spacial score (nSPS) is 11.9. The van der Waals surface area contributed by atoms with E-state index in [1.807, 2.05) is 0 Å². The summed E-state index contributed by atoms with van der Waals surface area (Å²) in [7, 11) is 0. The van der Waals surface area contributed by atoms with Crippen LogP contribution >= 0.6 is 15.9 Å². The van der Waals surface area contributed by atoms with Gasteiger partial charge in [0.1, 0.15) is 0 Å². The average molecular weight is 262 g/mol. The zero-order chi connectivity index (χ0) is 11.1. The summed E-state index contributed by atoms with van der Waals surface area (Å²) in [6.45, 7) is 5.18. The summed E-state index contributed by atoms with van der Waals surface area (Å²) in [6.07, 6.45) is 0. The van der Waals surface area contributed by atoms with Crippen LogP contribution in [-0.2, 0) is 5.54 Å². The van der Waals surface area contributed by atoms with E-state index in [1.165, 1.54) is 6.07 Å². The summed E-state index contributed by atoms with van der Waals surface area (Å²) in [5, 5.41) is 9.55. The molecule has 0 bridgehead atoms. The number of hydrogen-bond acceptors (Lipinski definition) is 2. The molecule has 2 nitrogen and oxygen atoms in total. The van der Waals surface area contributed by atoms with Gasteiger partial charge in [0.05, 0.1) is 0 Å². The van der Waals surface area contributed by atoms with Crippen molar-refractivity contribution in [2.75, 3.05) is 0 Å². The first-order valence-corrected chi connectivity index (χ1v) is 5.01. The quantitative estimate of drug-likeness (QED) is 0.817. The molecule has 3 N–H and O–H groups in total. The molecule has 0 saturated heterocycles. The Kier molecular flexibility index (Phi) is 2.88. The van der Waals surface area contributed by atoms with Gasteiger partial charge in [-0.25, -0.2) is 4.39 Å². The number of nitrogens with two attached hydrogens (primary N) is 1. The summed E-state index contributed by atoms with van der Waals surface area (Å²) >= 11 is 3.29. The van der Waals surface area contributed by atoms with Gasteiger partial charge >= 0.3 is 0 Å². The molecule has 0 amide bonds. The summed E-state index contributed by atoms with van der Waals surface area (Å²) in [5.74, 6) is -1.02. The Labute approximate surface area is 91.1 Å². The van der Waals surface area contributed by atoms with Crippen molar-refractivity contribution in [2.45, 2.75) is 26.3 Å². The van der Waals surface area contributed by atoms with Crippen LogP contribution in [0.3, 0.4) is 0 Å². The lowest BCUT2D eigenvalue weighted by Crippen LogP contribution is -2.29. The van der Waals surface area contributed by atoms with E-state index in [0.717, 1.165) is 0 Å². The lowest BCUT2D eigenvalue weighted by Gasteiger charge is -2.23. The minimum absolute atomic E-state index is 0.380. The zero-order valence-electron chi connectivity index (χ0n) is 8.36. The van der Waals surface area contributed by atoms with Crippen LogP contribution in [0.25, 0.3) is 0 Å². The Hall–Kier alpha value is -0.610. The molecule has 0 atom stereocenters. The summed E-state index contributed by atoms with van der Waals surface area (Å²) in [4.78, 5) is 0. The highest BCUT2D eigenvalue weighted by Gasteiger charge is 2.25. The lowest BCUT2D eigenvalue weighted by atomic mass is 9.93. The van der Waals surface area contributed by atoms with E-state index < -0.39 is 11.4 Å². The van der Waals surface area contributed by atoms with Crippen LogP contribution < -0.4 is 5.73 Å². The summed E-state index contributed by atoms with van der Waals surface area (Å²) < 4.78 is 13.9. The summed E-state index contributed by atoms with van der Waals surface area (Å²) in [6, 6.07) is 1.27. The highest BCUT2D eigenvalue weighted by atomic mass is 79.9. The maximum atomic E-state index is 13.2. The molecule has 0 heterocycles. The monoisotopic (exact) mass is 261 g/mol. The molecular weight excluding hydrogens is 249 g/mol. The molecule has 0 spiro atoms. The maximum Gasteiger partial charge on any atom is 0.165 e. The minimum atomic E-state index is -0.782. The third kappa shape index (κ3) is 1.91. The number of rotatable bonds is 1. The van der Waals surface area contributed by atoms with Gasteiger partial charge in [-0.15, -0.1) is 0 Å². The van der Waals surface area contributed by atoms with Crippen LogP contribution in [0.1, 0.15) is 25.0 Å². The zero-order valence-corrected chi connectivity index (χ0v) is 9.94. The molecule has 0 aromatic heterocycles. The molecule has 1 aromatic carbocycles. The van der Waals surface area contributed by atoms with Crippen molar-refractivity contribution in [1.29, 1.82) is 0 Å². The molecule has 0 aliphatic heterocycles. The Morgan fingerprint density at radius 2 is 2.00 bits per heavy atom. The van der Waals surface area contributed by atoms with E-state index in [9.17, 15) is 9.50 Å². The number of aryl methyl sites for hydroxylation is 1. The molecule has 0 aliphatic carbocycles. The van der Waals surface area contributed by atoms with E-state index in [2.05, 4.69) is 15.9 Å². The van der Waals surface area contributed by atoms with E-state index in [1.54, 1.807) is 20.8 Å². The van der Waals surface area contributed by atoms with Crippen LogP contribution in [0.2, 0.25) is 0 Å². The van der Waals surface area contributed by atoms with Gasteiger partial charge in [-0.1, -0.05) is 15.9 Å². The second-order valence-corrected chi connectivity index (χ2v) is 4.73. The number of aromatic hydroxyl groups is 1. The Morgan fingerprint density at radius 1 is 1.50 bits per heavy atom. The van der Waals surface area contributed by atoms with Crippen molar-refractivity contribution in [3.05, 3.63) is 27.5 Å². The van der Waals surface area contributed by atoms with Gasteiger partial charge in [0, 0.05) is 15.6 Å². The predicted molar refractivity (Wildman–Crippen MR) is 57.7 cm³/mol. The molecule has 0 saturated carbocycles. The Bertz CT molecular complexity index is 345. The molecule has 0 unspecified atom stereocenters. The standard InChI is InChI=1S/C10H13BrFNO/c1-5-4-6(12)9(14)7(8(5)11)10(2,3)13/h4,14H,13H2,1-3H3. The van der Waals surface area contributed by atoms with Crippen LogP contribution in [0, 0.1) is 12.7 Å². The van der Waals surface area contributed by atoms with Crippen molar-refractivity contribution in [3.63, 3.8) is 0 Å². The van der Waals surface area contributed by atoms with Crippen LogP contribution in [0.4, 0.5) is 4.39 Å². The molecule has 1 rings (SSSR count). The second kappa shape index (κ2) is 3.51. The lowest BCUT2D eigenvalue weighted by molar-refractivity contribution is 0.404. The van der Waals surface area contributed by atoms with Crippen molar-refractivity contribution < 1.29 is 9.50 Å². The Morgan fingerprint density at radius 3 is 2.43 bits per heavy atom. The first-order valence-electron chi connectivity index (χ1n) is 4.22. The number of halogens is 2. The number of phenolic OH excluding ortho intramolecular Hbond substituents is 1. The van der Waals surface area contributed by atoms with E-state index >= 15 is 0 Å². The molecule has 0 radical (unpaired) electrons. The molecule has 1 aromatic rings. The molecule has 0 aliphatic rings. The van der Waals surface area contributed by atoms with Gasteiger partial charge in [0.2, 0.25) is 0 Å². The molecule has 0 fully saturated rings. The van der Waals surface area contributed by atoms with E-state index in [0.29, 0.717) is 15.6 Å². The molecule has 78 valence electrons. The van der Waals surface area contributed by atoms with Crippen LogP contribution in [-0.4, -0.2) is 5.11 Å². The van der Waals surface area contributed by atoms with Crippen LogP contribution in [0.5, 0.6) is 5.75 Å². The van der Waals surface area contributed by atoms with Gasteiger partial charge in [-0.2, -0.15) is 0 Å². The van der Waals surface area contributed by atoms with Crippen molar-refractivity contribution in [1.82, 2.24) is 0 Å². The Balaban J connectivity index is 3.56. The van der Waals surface area contributed by atoms with Crippen LogP contribution in [0.15, 0.2) is 10.5 Å². The third-order valence-corrected chi connectivity index (χ3v) is 3.04. The topological polar surface area (TPSA) is 46.2 Å². The van der Waals surface area contributed by atoms with Gasteiger partial charge in [-0.3, -0.25) is 0 Å². The maximum absolute atomic E-state index is 13.2. The SMILES string of the molecule is Cc1cc(F)c(O)c(C(C)(C)N)c1Br. The molecular formula is C10H13BrFNO. The fourth-order valence-corrected chi connectivity index (χ4v) is 2.14. The fourth-order valence-electron chi connectivity index (χ4n) is 1.33. The van der Waals surface area contributed by atoms with Gasteiger partial charge < -0.3 is 10.8 Å². The smallest absolute Gasteiger partial charge is 0.165 e. The molecule has 4 heteroatoms. The van der Waals surface area contributed by atoms with Gasteiger partial charge in [0.25, 0.3) is 0 Å². The third-order valence-electron chi connectivity index (χ3n) is 2.02. The first-order chi connectivity index (χ1) is 6.25. The summed E-state index contributed by atoms with van der Waals surface area (Å²) in [5.41, 5.74) is 6.17. The highest BCUT2D eigenvalue weighted by Crippen LogP contribution is 2.37. The number of benzene rings is 1. The number of phenols is 1. The van der Waals surface area contributed by atoms with Crippen molar-refractivity contribution in [3.8, 4) is 5.75 Å². The predicted octanol–water partition coefficient (Wildman–Crippen LogP) is 2.80. The highest BCUT2D eigenvalue weighted by molar-refractivity contribution is 9.10. The van der Waals surface area contributed by atoms with Gasteiger partial charge in [-0.05, 0) is 32.4 Å². The minimum Gasteiger partial charge on any atom is -0.505 e.